The first-order valence-corrected chi connectivity index (χ1v) is 5.64. The smallest absolute Gasteiger partial charge is 0.0519 e. The molecule has 0 radical (unpaired) electrons. The lowest BCUT2D eigenvalue weighted by atomic mass is 9.78. The third kappa shape index (κ3) is 2.22. The third-order valence-electron chi connectivity index (χ3n) is 2.92. The number of likely N-dealkylation sites (N-methyl/N-ethyl adjacent to an activating group) is 1. The molecule has 1 aliphatic carbocycles. The summed E-state index contributed by atoms with van der Waals surface area (Å²) in [5.41, 5.74) is 1.20. The van der Waals surface area contributed by atoms with E-state index >= 15 is 0 Å². The molecule has 2 nitrogen and oxygen atoms in total. The Balaban J connectivity index is 2.35. The maximum atomic E-state index is 4.52. The Morgan fingerprint density at radius 3 is 2.75 bits per heavy atom. The molecule has 1 aromatic rings. The molecule has 0 N–H and O–H groups in total. The number of rotatable bonds is 3. The van der Waals surface area contributed by atoms with Crippen LogP contribution in [0.5, 0.6) is 0 Å². The summed E-state index contributed by atoms with van der Waals surface area (Å²) in [7, 11) is 4.22. The van der Waals surface area contributed by atoms with Gasteiger partial charge in [0.25, 0.3) is 0 Å². The predicted octanol–water partition coefficient (Wildman–Crippen LogP) is 2.40. The van der Waals surface area contributed by atoms with E-state index in [1.165, 1.54) is 0 Å². The highest BCUT2D eigenvalue weighted by molar-refractivity contribution is 5.32. The van der Waals surface area contributed by atoms with Crippen LogP contribution in [-0.2, 0) is 5.41 Å². The van der Waals surface area contributed by atoms with Crippen molar-refractivity contribution in [2.24, 2.45) is 0 Å². The van der Waals surface area contributed by atoms with Crippen LogP contribution in [0.15, 0.2) is 48.7 Å². The molecular weight excluding hydrogens is 196 g/mol. The van der Waals surface area contributed by atoms with Crippen molar-refractivity contribution < 1.29 is 0 Å². The van der Waals surface area contributed by atoms with Gasteiger partial charge in [-0.05, 0) is 32.6 Å². The van der Waals surface area contributed by atoms with Crippen molar-refractivity contribution >= 4 is 0 Å². The Kier molecular flexibility index (Phi) is 3.20. The van der Waals surface area contributed by atoms with Gasteiger partial charge < -0.3 is 4.90 Å². The molecule has 2 rings (SSSR count). The summed E-state index contributed by atoms with van der Waals surface area (Å²) >= 11 is 0. The fourth-order valence-corrected chi connectivity index (χ4v) is 2.27. The van der Waals surface area contributed by atoms with Crippen LogP contribution in [0, 0.1) is 0 Å². The van der Waals surface area contributed by atoms with E-state index in [1.54, 1.807) is 0 Å². The zero-order valence-corrected chi connectivity index (χ0v) is 9.93. The number of allylic oxidation sites excluding steroid dienone is 3. The van der Waals surface area contributed by atoms with Gasteiger partial charge >= 0.3 is 0 Å². The summed E-state index contributed by atoms with van der Waals surface area (Å²) in [5, 5.41) is 0. The maximum Gasteiger partial charge on any atom is 0.0519 e. The van der Waals surface area contributed by atoms with Crippen LogP contribution in [-0.4, -0.2) is 30.5 Å². The second-order valence-electron chi connectivity index (χ2n) is 4.60. The molecule has 0 spiro atoms. The minimum Gasteiger partial charge on any atom is -0.308 e. The Morgan fingerprint density at radius 1 is 1.31 bits per heavy atom. The minimum atomic E-state index is 0.0412. The first-order chi connectivity index (χ1) is 7.73. The molecule has 0 aliphatic heterocycles. The molecule has 84 valence electrons. The molecule has 0 saturated heterocycles. The average molecular weight is 214 g/mol. The van der Waals surface area contributed by atoms with Crippen LogP contribution in [0.25, 0.3) is 0 Å². The van der Waals surface area contributed by atoms with Gasteiger partial charge in [0.1, 0.15) is 0 Å². The van der Waals surface area contributed by atoms with Crippen molar-refractivity contribution in [3.05, 3.63) is 54.4 Å². The number of nitrogens with zero attached hydrogens (tertiary/aromatic N) is 2. The molecule has 1 unspecified atom stereocenters. The first-order valence-electron chi connectivity index (χ1n) is 5.64. The van der Waals surface area contributed by atoms with E-state index in [-0.39, 0.29) is 5.41 Å². The fourth-order valence-electron chi connectivity index (χ4n) is 2.27. The summed E-state index contributed by atoms with van der Waals surface area (Å²) in [5.74, 6) is 0. The van der Waals surface area contributed by atoms with Crippen molar-refractivity contribution in [3.63, 3.8) is 0 Å². The third-order valence-corrected chi connectivity index (χ3v) is 2.92. The van der Waals surface area contributed by atoms with Gasteiger partial charge in [-0.15, -0.1) is 0 Å². The lowest BCUT2D eigenvalue weighted by Crippen LogP contribution is -2.37. The van der Waals surface area contributed by atoms with E-state index in [0.29, 0.717) is 0 Å². The van der Waals surface area contributed by atoms with Gasteiger partial charge in [0.05, 0.1) is 5.69 Å². The topological polar surface area (TPSA) is 16.1 Å². The summed E-state index contributed by atoms with van der Waals surface area (Å²) in [6, 6.07) is 6.15. The van der Waals surface area contributed by atoms with E-state index in [1.807, 2.05) is 12.3 Å². The number of aromatic nitrogens is 1. The molecule has 16 heavy (non-hydrogen) atoms. The van der Waals surface area contributed by atoms with Gasteiger partial charge in [-0.3, -0.25) is 4.98 Å². The zero-order valence-electron chi connectivity index (χ0n) is 9.93. The van der Waals surface area contributed by atoms with E-state index in [0.717, 1.165) is 18.7 Å². The molecule has 1 heterocycles. The Bertz CT molecular complexity index is 392. The molecule has 1 aromatic heterocycles. The number of pyridine rings is 1. The van der Waals surface area contributed by atoms with Crippen molar-refractivity contribution in [1.82, 2.24) is 9.88 Å². The lowest BCUT2D eigenvalue weighted by molar-refractivity contribution is 0.318. The second kappa shape index (κ2) is 4.62. The Labute approximate surface area is 97.3 Å². The molecule has 0 aromatic carbocycles. The highest BCUT2D eigenvalue weighted by Gasteiger charge is 2.31. The van der Waals surface area contributed by atoms with E-state index < -0.39 is 0 Å². The zero-order chi connectivity index (χ0) is 11.4. The first kappa shape index (κ1) is 11.1. The fraction of sp³-hybridized carbons (Fsp3) is 0.357. The van der Waals surface area contributed by atoms with Gasteiger partial charge in [0, 0.05) is 18.2 Å². The number of hydrogen-bond acceptors (Lipinski definition) is 2. The van der Waals surface area contributed by atoms with E-state index in [9.17, 15) is 0 Å². The summed E-state index contributed by atoms with van der Waals surface area (Å²) in [6.45, 7) is 0.991. The largest absolute Gasteiger partial charge is 0.308 e. The quantitative estimate of drug-likeness (QED) is 0.768. The highest BCUT2D eigenvalue weighted by atomic mass is 15.1. The molecular formula is C14H18N2. The van der Waals surface area contributed by atoms with Crippen molar-refractivity contribution in [1.29, 1.82) is 0 Å². The van der Waals surface area contributed by atoms with Crippen LogP contribution in [0.2, 0.25) is 0 Å². The molecule has 0 saturated carbocycles. The monoisotopic (exact) mass is 214 g/mol. The molecule has 1 aliphatic rings. The lowest BCUT2D eigenvalue weighted by Gasteiger charge is -2.33. The Hall–Kier alpha value is -1.41. The van der Waals surface area contributed by atoms with Gasteiger partial charge in [-0.2, -0.15) is 0 Å². The van der Waals surface area contributed by atoms with Crippen molar-refractivity contribution in [3.8, 4) is 0 Å². The summed E-state index contributed by atoms with van der Waals surface area (Å²) < 4.78 is 0. The average Bonchev–Trinajstić information content (AvgIpc) is 2.30. The molecule has 1 atom stereocenters. The van der Waals surface area contributed by atoms with Crippen molar-refractivity contribution in [2.75, 3.05) is 20.6 Å². The molecule has 0 fully saturated rings. The molecule has 2 heteroatoms. The van der Waals surface area contributed by atoms with Crippen molar-refractivity contribution in [2.45, 2.75) is 11.8 Å². The standard InChI is InChI=1S/C14H18N2/c1-16(2)12-14(9-5-3-6-10-14)13-8-4-7-11-15-13/h3-9,11H,10,12H2,1-2H3. The summed E-state index contributed by atoms with van der Waals surface area (Å²) in [6.07, 6.45) is 11.6. The van der Waals surface area contributed by atoms with Crippen LogP contribution in [0.4, 0.5) is 0 Å². The van der Waals surface area contributed by atoms with Crippen LogP contribution in [0.1, 0.15) is 12.1 Å². The van der Waals surface area contributed by atoms with Gasteiger partial charge in [-0.25, -0.2) is 0 Å². The van der Waals surface area contributed by atoms with Gasteiger partial charge in [-0.1, -0.05) is 30.4 Å². The van der Waals surface area contributed by atoms with Gasteiger partial charge in [0.2, 0.25) is 0 Å². The van der Waals surface area contributed by atoms with E-state index in [4.69, 9.17) is 0 Å². The van der Waals surface area contributed by atoms with Crippen LogP contribution < -0.4 is 0 Å². The highest BCUT2D eigenvalue weighted by Crippen LogP contribution is 2.31. The van der Waals surface area contributed by atoms with Crippen LogP contribution >= 0.6 is 0 Å². The minimum absolute atomic E-state index is 0.0412. The SMILES string of the molecule is CN(C)CC1(c2ccccn2)C=CC=CC1. The second-order valence-corrected chi connectivity index (χ2v) is 4.60. The van der Waals surface area contributed by atoms with Gasteiger partial charge in [0.15, 0.2) is 0 Å². The Morgan fingerprint density at radius 2 is 2.19 bits per heavy atom. The normalized spacial score (nSPS) is 23.9. The van der Waals surface area contributed by atoms with Crippen LogP contribution in [0.3, 0.4) is 0 Å². The molecule has 0 bridgehead atoms. The molecule has 0 amide bonds. The van der Waals surface area contributed by atoms with E-state index in [2.05, 4.69) is 60.4 Å². The predicted molar refractivity (Wildman–Crippen MR) is 67.4 cm³/mol. The maximum absolute atomic E-state index is 4.52. The summed E-state index contributed by atoms with van der Waals surface area (Å²) in [4.78, 5) is 6.74. The number of hydrogen-bond donors (Lipinski definition) is 0.